The third-order valence-corrected chi connectivity index (χ3v) is 6.90. The Hall–Kier alpha value is -2.62. The maximum absolute atomic E-state index is 13.4. The van der Waals surface area contributed by atoms with Crippen molar-refractivity contribution >= 4 is 17.5 Å². The van der Waals surface area contributed by atoms with Gasteiger partial charge in [0.05, 0.1) is 37.7 Å². The first kappa shape index (κ1) is 19.1. The first-order valence-corrected chi connectivity index (χ1v) is 10.8. The number of nitrogens with zero attached hydrogens (tertiary/aromatic N) is 2. The molecule has 0 unspecified atom stereocenters. The lowest BCUT2D eigenvalue weighted by Gasteiger charge is -2.27. The largest absolute Gasteiger partial charge is 0.454 e. The van der Waals surface area contributed by atoms with Crippen LogP contribution in [0.1, 0.15) is 0 Å². The van der Waals surface area contributed by atoms with Crippen molar-refractivity contribution in [3.63, 3.8) is 0 Å². The first-order valence-electron chi connectivity index (χ1n) is 10.8. The van der Waals surface area contributed by atoms with Gasteiger partial charge in [-0.25, -0.2) is 0 Å². The molecule has 3 saturated heterocycles. The molecule has 2 amide bonds. The van der Waals surface area contributed by atoms with E-state index in [1.54, 1.807) is 11.0 Å². The van der Waals surface area contributed by atoms with Crippen LogP contribution >= 0.6 is 0 Å². The Labute approximate surface area is 179 Å². The molecule has 6 rings (SSSR count). The zero-order valence-electron chi connectivity index (χ0n) is 17.1. The molecule has 4 atom stereocenters. The Bertz CT molecular complexity index is 945. The fraction of sp³-hybridized carbons (Fsp3) is 0.545. The average molecular weight is 427 g/mol. The summed E-state index contributed by atoms with van der Waals surface area (Å²) >= 11 is 0. The number of carbonyl (C=O) groups is 2. The van der Waals surface area contributed by atoms with Gasteiger partial charge in [0.15, 0.2) is 11.5 Å². The van der Waals surface area contributed by atoms with E-state index in [0.717, 1.165) is 38.5 Å². The van der Waals surface area contributed by atoms with Crippen LogP contribution in [0.3, 0.4) is 0 Å². The fourth-order valence-electron chi connectivity index (χ4n) is 5.35. The molecule has 5 aliphatic heterocycles. The van der Waals surface area contributed by atoms with Crippen molar-refractivity contribution in [1.82, 2.24) is 10.2 Å². The Morgan fingerprint density at radius 3 is 2.90 bits per heavy atom. The van der Waals surface area contributed by atoms with Gasteiger partial charge < -0.3 is 29.2 Å². The molecular weight excluding hydrogens is 402 g/mol. The lowest BCUT2D eigenvalue weighted by atomic mass is 9.77. The summed E-state index contributed by atoms with van der Waals surface area (Å²) in [7, 11) is 0. The summed E-state index contributed by atoms with van der Waals surface area (Å²) in [5.74, 6) is 0.0632. The lowest BCUT2D eigenvalue weighted by Crippen LogP contribution is -2.46. The van der Waals surface area contributed by atoms with Gasteiger partial charge >= 0.3 is 0 Å². The molecule has 5 heterocycles. The monoisotopic (exact) mass is 427 g/mol. The van der Waals surface area contributed by atoms with Gasteiger partial charge in [-0.1, -0.05) is 12.2 Å². The van der Waals surface area contributed by atoms with Gasteiger partial charge in [-0.05, 0) is 12.1 Å². The predicted molar refractivity (Wildman–Crippen MR) is 109 cm³/mol. The van der Waals surface area contributed by atoms with Gasteiger partial charge in [-0.15, -0.1) is 0 Å². The number of rotatable bonds is 5. The minimum absolute atomic E-state index is 0.0842. The summed E-state index contributed by atoms with van der Waals surface area (Å²) in [4.78, 5) is 30.5. The zero-order chi connectivity index (χ0) is 21.0. The average Bonchev–Trinajstić information content (AvgIpc) is 3.54. The van der Waals surface area contributed by atoms with Crippen molar-refractivity contribution in [3.05, 3.63) is 30.4 Å². The van der Waals surface area contributed by atoms with Crippen molar-refractivity contribution in [3.8, 4) is 11.5 Å². The van der Waals surface area contributed by atoms with E-state index in [9.17, 15) is 9.59 Å². The zero-order valence-corrected chi connectivity index (χ0v) is 17.1. The number of hydrogen-bond acceptors (Lipinski definition) is 7. The quantitative estimate of drug-likeness (QED) is 0.669. The van der Waals surface area contributed by atoms with E-state index in [0.29, 0.717) is 24.6 Å². The molecule has 1 N–H and O–H groups in total. The maximum atomic E-state index is 13.4. The lowest BCUT2D eigenvalue weighted by molar-refractivity contribution is -0.132. The molecule has 5 aliphatic rings. The van der Waals surface area contributed by atoms with Crippen LogP contribution in [-0.4, -0.2) is 81.1 Å². The highest BCUT2D eigenvalue weighted by atomic mass is 16.7. The Kier molecular flexibility index (Phi) is 4.45. The molecular formula is C22H25N3O6. The Morgan fingerprint density at radius 2 is 2.03 bits per heavy atom. The number of benzene rings is 1. The van der Waals surface area contributed by atoms with Crippen molar-refractivity contribution in [2.75, 3.05) is 57.6 Å². The van der Waals surface area contributed by atoms with Gasteiger partial charge in [0.2, 0.25) is 18.6 Å². The van der Waals surface area contributed by atoms with Crippen molar-refractivity contribution < 1.29 is 28.5 Å². The molecule has 0 aromatic heterocycles. The minimum Gasteiger partial charge on any atom is -0.454 e. The van der Waals surface area contributed by atoms with E-state index in [2.05, 4.69) is 10.2 Å². The topological polar surface area (TPSA) is 89.6 Å². The molecule has 1 spiro atoms. The normalized spacial score (nSPS) is 33.2. The van der Waals surface area contributed by atoms with Crippen molar-refractivity contribution in [1.29, 1.82) is 0 Å². The van der Waals surface area contributed by atoms with Crippen LogP contribution in [0.25, 0.3) is 0 Å². The van der Waals surface area contributed by atoms with E-state index < -0.39 is 17.4 Å². The van der Waals surface area contributed by atoms with Gasteiger partial charge in [0.25, 0.3) is 0 Å². The summed E-state index contributed by atoms with van der Waals surface area (Å²) in [5.41, 5.74) is -0.0189. The van der Waals surface area contributed by atoms with Crippen LogP contribution in [0.15, 0.2) is 30.4 Å². The molecule has 0 aliphatic carbocycles. The molecule has 1 aromatic rings. The third kappa shape index (κ3) is 3.02. The highest BCUT2D eigenvalue weighted by molar-refractivity contribution is 6.03. The van der Waals surface area contributed by atoms with Crippen molar-refractivity contribution in [2.45, 2.75) is 11.7 Å². The standard InChI is InChI=1S/C22H25N3O6/c26-20(23-5-6-24-7-9-28-10-8-24)18-16-3-4-22(31-16)12-25(21(27)19(18)22)14-1-2-15-17(11-14)30-13-29-15/h1-4,11,16,18-19H,5-10,12-13H2,(H,23,26)/t16-,18-,19-,22-/m1/s1. The molecule has 9 nitrogen and oxygen atoms in total. The van der Waals surface area contributed by atoms with Crippen LogP contribution in [0.5, 0.6) is 11.5 Å². The van der Waals surface area contributed by atoms with Crippen LogP contribution in [0, 0.1) is 11.8 Å². The van der Waals surface area contributed by atoms with Crippen LogP contribution in [0.2, 0.25) is 0 Å². The molecule has 0 radical (unpaired) electrons. The summed E-state index contributed by atoms with van der Waals surface area (Å²) in [6, 6.07) is 5.46. The minimum atomic E-state index is -0.746. The van der Waals surface area contributed by atoms with Gasteiger partial charge in [-0.3, -0.25) is 14.5 Å². The van der Waals surface area contributed by atoms with E-state index >= 15 is 0 Å². The summed E-state index contributed by atoms with van der Waals surface area (Å²) in [6.45, 7) is 5.10. The van der Waals surface area contributed by atoms with Crippen LogP contribution in [-0.2, 0) is 19.1 Å². The summed E-state index contributed by atoms with van der Waals surface area (Å²) in [6.07, 6.45) is 3.54. The highest BCUT2D eigenvalue weighted by Gasteiger charge is 2.67. The van der Waals surface area contributed by atoms with Gasteiger partial charge in [-0.2, -0.15) is 0 Å². The second-order valence-corrected chi connectivity index (χ2v) is 8.61. The number of hydrogen-bond donors (Lipinski definition) is 1. The van der Waals surface area contributed by atoms with Gasteiger partial charge in [0.1, 0.15) is 5.60 Å². The second kappa shape index (κ2) is 7.22. The molecule has 31 heavy (non-hydrogen) atoms. The molecule has 1 aromatic carbocycles. The van der Waals surface area contributed by atoms with Crippen LogP contribution < -0.4 is 19.7 Å². The first-order chi connectivity index (χ1) is 15.1. The van der Waals surface area contributed by atoms with E-state index in [-0.39, 0.29) is 24.7 Å². The fourth-order valence-corrected chi connectivity index (χ4v) is 5.35. The molecule has 9 heteroatoms. The summed E-state index contributed by atoms with van der Waals surface area (Å²) < 4.78 is 22.4. The number of amides is 2. The van der Waals surface area contributed by atoms with E-state index in [1.807, 2.05) is 24.3 Å². The molecule has 3 fully saturated rings. The number of carbonyl (C=O) groups excluding carboxylic acids is 2. The molecule has 164 valence electrons. The Balaban J connectivity index is 1.17. The Morgan fingerprint density at radius 1 is 1.19 bits per heavy atom. The third-order valence-electron chi connectivity index (χ3n) is 6.90. The maximum Gasteiger partial charge on any atom is 0.234 e. The van der Waals surface area contributed by atoms with Crippen molar-refractivity contribution in [2.24, 2.45) is 11.8 Å². The number of morpholine rings is 1. The number of anilines is 1. The highest BCUT2D eigenvalue weighted by Crippen LogP contribution is 2.53. The number of fused-ring (bicyclic) bond motifs is 2. The van der Waals surface area contributed by atoms with E-state index in [4.69, 9.17) is 18.9 Å². The number of ether oxygens (including phenoxy) is 4. The van der Waals surface area contributed by atoms with E-state index in [1.165, 1.54) is 0 Å². The van der Waals surface area contributed by atoms with Crippen LogP contribution in [0.4, 0.5) is 5.69 Å². The smallest absolute Gasteiger partial charge is 0.234 e. The molecule has 2 bridgehead atoms. The number of nitrogens with one attached hydrogen (secondary N) is 1. The second-order valence-electron chi connectivity index (χ2n) is 8.61. The summed E-state index contributed by atoms with van der Waals surface area (Å²) in [5, 5.41) is 3.03. The molecule has 0 saturated carbocycles. The van der Waals surface area contributed by atoms with Gasteiger partial charge in [0, 0.05) is 37.9 Å². The predicted octanol–water partition coefficient (Wildman–Crippen LogP) is 0.150. The SMILES string of the molecule is O=C(NCCN1CCOCC1)[C@@H]1[C@H]2C=C[C@]3(CN(c4ccc5c(c4)OCO5)C(=O)[C@@H]13)O2.